The highest BCUT2D eigenvalue weighted by atomic mass is 19.4. The van der Waals surface area contributed by atoms with Gasteiger partial charge in [0.05, 0.1) is 12.0 Å². The third-order valence-electron chi connectivity index (χ3n) is 3.67. The lowest BCUT2D eigenvalue weighted by molar-refractivity contribution is -0.199. The fourth-order valence-electron chi connectivity index (χ4n) is 2.84. The standard InChI is InChI=1S/C10H15F3O2/c11-10(12,13)7-3-6(5-14)8-1-2-15-9(8)4-7/h6-9,14H,1-5H2/t6-,7+,8+,9-/m0/s1. The van der Waals surface area contributed by atoms with E-state index in [1.165, 1.54) is 0 Å². The number of fused-ring (bicyclic) bond motifs is 1. The molecule has 1 saturated heterocycles. The molecule has 1 aliphatic carbocycles. The maximum Gasteiger partial charge on any atom is 0.391 e. The number of ether oxygens (including phenoxy) is 1. The van der Waals surface area contributed by atoms with Gasteiger partial charge in [0.25, 0.3) is 0 Å². The molecule has 0 aromatic rings. The van der Waals surface area contributed by atoms with Gasteiger partial charge in [-0.05, 0) is 31.1 Å². The van der Waals surface area contributed by atoms with Crippen LogP contribution in [0.4, 0.5) is 13.2 Å². The summed E-state index contributed by atoms with van der Waals surface area (Å²) in [5.74, 6) is -1.40. The van der Waals surface area contributed by atoms with Crippen LogP contribution < -0.4 is 0 Å². The number of aliphatic hydroxyl groups excluding tert-OH is 1. The summed E-state index contributed by atoms with van der Waals surface area (Å²) in [7, 11) is 0. The smallest absolute Gasteiger partial charge is 0.391 e. The fraction of sp³-hybridized carbons (Fsp3) is 1.00. The van der Waals surface area contributed by atoms with Crippen molar-refractivity contribution in [2.45, 2.75) is 31.5 Å². The number of hydrogen-bond acceptors (Lipinski definition) is 2. The Balaban J connectivity index is 2.08. The number of aliphatic hydroxyl groups is 1. The van der Waals surface area contributed by atoms with Crippen molar-refractivity contribution in [2.24, 2.45) is 17.8 Å². The van der Waals surface area contributed by atoms with E-state index in [9.17, 15) is 13.2 Å². The minimum atomic E-state index is -4.15. The fourth-order valence-corrected chi connectivity index (χ4v) is 2.84. The van der Waals surface area contributed by atoms with Gasteiger partial charge in [-0.1, -0.05) is 0 Å². The molecule has 2 fully saturated rings. The van der Waals surface area contributed by atoms with Crippen molar-refractivity contribution >= 4 is 0 Å². The van der Waals surface area contributed by atoms with Crippen molar-refractivity contribution < 1.29 is 23.0 Å². The molecule has 15 heavy (non-hydrogen) atoms. The lowest BCUT2D eigenvalue weighted by Gasteiger charge is -2.37. The predicted molar refractivity (Wildman–Crippen MR) is 47.2 cm³/mol. The Morgan fingerprint density at radius 3 is 2.60 bits per heavy atom. The monoisotopic (exact) mass is 224 g/mol. The topological polar surface area (TPSA) is 29.5 Å². The number of rotatable bonds is 1. The molecule has 0 unspecified atom stereocenters. The quantitative estimate of drug-likeness (QED) is 0.738. The van der Waals surface area contributed by atoms with Gasteiger partial charge in [-0.15, -0.1) is 0 Å². The Kier molecular flexibility index (Phi) is 2.94. The van der Waals surface area contributed by atoms with E-state index < -0.39 is 12.1 Å². The molecule has 0 aromatic carbocycles. The molecule has 0 aromatic heterocycles. The Labute approximate surface area is 86.4 Å². The average Bonchev–Trinajstić information content (AvgIpc) is 2.62. The van der Waals surface area contributed by atoms with Crippen molar-refractivity contribution in [3.05, 3.63) is 0 Å². The summed E-state index contributed by atoms with van der Waals surface area (Å²) in [6, 6.07) is 0. The summed E-state index contributed by atoms with van der Waals surface area (Å²) in [5.41, 5.74) is 0. The van der Waals surface area contributed by atoms with E-state index in [0.29, 0.717) is 6.61 Å². The lowest BCUT2D eigenvalue weighted by atomic mass is 9.72. The minimum Gasteiger partial charge on any atom is -0.396 e. The van der Waals surface area contributed by atoms with E-state index in [-0.39, 0.29) is 37.4 Å². The van der Waals surface area contributed by atoms with Gasteiger partial charge in [-0.2, -0.15) is 13.2 Å². The summed E-state index contributed by atoms with van der Waals surface area (Å²) in [4.78, 5) is 0. The van der Waals surface area contributed by atoms with Crippen molar-refractivity contribution in [3.8, 4) is 0 Å². The molecule has 2 nitrogen and oxygen atoms in total. The summed E-state index contributed by atoms with van der Waals surface area (Å²) in [6.45, 7) is 0.382. The molecule has 2 aliphatic rings. The zero-order chi connectivity index (χ0) is 11.1. The van der Waals surface area contributed by atoms with Crippen molar-refractivity contribution in [3.63, 3.8) is 0 Å². The molecule has 1 saturated carbocycles. The van der Waals surface area contributed by atoms with Crippen molar-refractivity contribution in [1.82, 2.24) is 0 Å². The Morgan fingerprint density at radius 1 is 1.27 bits per heavy atom. The van der Waals surface area contributed by atoms with Gasteiger partial charge in [-0.25, -0.2) is 0 Å². The third kappa shape index (κ3) is 2.13. The Morgan fingerprint density at radius 2 is 2.00 bits per heavy atom. The first-order chi connectivity index (χ1) is 7.02. The van der Waals surface area contributed by atoms with Crippen LogP contribution in [0.3, 0.4) is 0 Å². The third-order valence-corrected chi connectivity index (χ3v) is 3.67. The van der Waals surface area contributed by atoms with Crippen LogP contribution >= 0.6 is 0 Å². The number of halogens is 3. The zero-order valence-corrected chi connectivity index (χ0v) is 8.33. The first-order valence-electron chi connectivity index (χ1n) is 5.31. The van der Waals surface area contributed by atoms with Crippen LogP contribution in [-0.4, -0.2) is 30.6 Å². The van der Waals surface area contributed by atoms with Crippen LogP contribution in [0.5, 0.6) is 0 Å². The highest BCUT2D eigenvalue weighted by Crippen LogP contribution is 2.46. The number of alkyl halides is 3. The number of hydrogen-bond donors (Lipinski definition) is 1. The second-order valence-electron chi connectivity index (χ2n) is 4.51. The maximum atomic E-state index is 12.6. The SMILES string of the molecule is OC[C@@H]1C[C@@H](C(F)(F)F)C[C@@H]2OCC[C@H]12. The van der Waals surface area contributed by atoms with Crippen LogP contribution in [0.25, 0.3) is 0 Å². The molecule has 1 aliphatic heterocycles. The average molecular weight is 224 g/mol. The van der Waals surface area contributed by atoms with Crippen molar-refractivity contribution in [1.29, 1.82) is 0 Å². The molecule has 2 rings (SSSR count). The molecule has 1 N–H and O–H groups in total. The van der Waals surface area contributed by atoms with Gasteiger partial charge < -0.3 is 9.84 Å². The first kappa shape index (κ1) is 11.2. The van der Waals surface area contributed by atoms with Crippen LogP contribution in [0.2, 0.25) is 0 Å². The predicted octanol–water partition coefficient (Wildman–Crippen LogP) is 1.97. The van der Waals surface area contributed by atoms with Gasteiger partial charge in [0.2, 0.25) is 0 Å². The van der Waals surface area contributed by atoms with Gasteiger partial charge in [0.1, 0.15) is 0 Å². The molecule has 0 radical (unpaired) electrons. The molecule has 1 heterocycles. The van der Waals surface area contributed by atoms with Gasteiger partial charge >= 0.3 is 6.18 Å². The minimum absolute atomic E-state index is 0.0600. The summed E-state index contributed by atoms with van der Waals surface area (Å²) in [6.07, 6.45) is -3.51. The molecule has 88 valence electrons. The van der Waals surface area contributed by atoms with Gasteiger partial charge in [-0.3, -0.25) is 0 Å². The molecule has 0 spiro atoms. The first-order valence-corrected chi connectivity index (χ1v) is 5.31. The second-order valence-corrected chi connectivity index (χ2v) is 4.51. The summed E-state index contributed by atoms with van der Waals surface area (Å²) >= 11 is 0. The van der Waals surface area contributed by atoms with Crippen LogP contribution in [0.1, 0.15) is 19.3 Å². The van der Waals surface area contributed by atoms with E-state index in [4.69, 9.17) is 9.84 Å². The maximum absolute atomic E-state index is 12.6. The lowest BCUT2D eigenvalue weighted by Crippen LogP contribution is -2.40. The summed E-state index contributed by atoms with van der Waals surface area (Å²) < 4.78 is 43.0. The molecule has 0 bridgehead atoms. The summed E-state index contributed by atoms with van der Waals surface area (Å²) in [5, 5.41) is 9.10. The zero-order valence-electron chi connectivity index (χ0n) is 8.33. The Bertz CT molecular complexity index is 229. The van der Waals surface area contributed by atoms with Gasteiger partial charge in [0, 0.05) is 13.2 Å². The van der Waals surface area contributed by atoms with Crippen LogP contribution in [-0.2, 0) is 4.74 Å². The van der Waals surface area contributed by atoms with Crippen LogP contribution in [0.15, 0.2) is 0 Å². The molecular weight excluding hydrogens is 209 g/mol. The van der Waals surface area contributed by atoms with E-state index in [0.717, 1.165) is 6.42 Å². The molecule has 5 heteroatoms. The van der Waals surface area contributed by atoms with E-state index >= 15 is 0 Å². The van der Waals surface area contributed by atoms with E-state index in [2.05, 4.69) is 0 Å². The molecule has 0 amide bonds. The molecular formula is C10H15F3O2. The Hall–Kier alpha value is -0.290. The van der Waals surface area contributed by atoms with E-state index in [1.807, 2.05) is 0 Å². The molecule has 4 atom stereocenters. The normalized spacial score (nSPS) is 41.6. The highest BCUT2D eigenvalue weighted by Gasteiger charge is 2.50. The second kappa shape index (κ2) is 3.94. The highest BCUT2D eigenvalue weighted by molar-refractivity contribution is 4.91. The van der Waals surface area contributed by atoms with E-state index in [1.54, 1.807) is 0 Å². The van der Waals surface area contributed by atoms with Gasteiger partial charge in [0.15, 0.2) is 0 Å². The van der Waals surface area contributed by atoms with Crippen LogP contribution in [0, 0.1) is 17.8 Å². The largest absolute Gasteiger partial charge is 0.396 e. The van der Waals surface area contributed by atoms with Crippen molar-refractivity contribution in [2.75, 3.05) is 13.2 Å².